The Morgan fingerprint density at radius 2 is 2.39 bits per heavy atom. The zero-order valence-corrected chi connectivity index (χ0v) is 10.9. The molecule has 18 heavy (non-hydrogen) atoms. The van der Waals surface area contributed by atoms with E-state index in [2.05, 4.69) is 29.4 Å². The second-order valence-corrected chi connectivity index (χ2v) is 5.33. The lowest BCUT2D eigenvalue weighted by molar-refractivity contribution is 0.347. The van der Waals surface area contributed by atoms with Crippen molar-refractivity contribution < 1.29 is 4.42 Å². The maximum atomic E-state index is 5.78. The molecule has 96 valence electrons. The predicted octanol–water partition coefficient (Wildman–Crippen LogP) is 3.07. The van der Waals surface area contributed by atoms with Crippen molar-refractivity contribution in [2.45, 2.75) is 32.6 Å². The van der Waals surface area contributed by atoms with E-state index in [0.717, 1.165) is 35.9 Å². The van der Waals surface area contributed by atoms with Crippen LogP contribution in [0, 0.1) is 12.8 Å². The van der Waals surface area contributed by atoms with Crippen LogP contribution >= 0.6 is 0 Å². The monoisotopic (exact) mass is 244 g/mol. The van der Waals surface area contributed by atoms with Gasteiger partial charge in [0.2, 0.25) is 0 Å². The zero-order valence-electron chi connectivity index (χ0n) is 10.9. The van der Waals surface area contributed by atoms with Crippen molar-refractivity contribution >= 4 is 11.1 Å². The van der Waals surface area contributed by atoms with Crippen molar-refractivity contribution in [1.29, 1.82) is 0 Å². The molecule has 1 N–H and O–H groups in total. The predicted molar refractivity (Wildman–Crippen MR) is 72.7 cm³/mol. The van der Waals surface area contributed by atoms with Crippen molar-refractivity contribution in [1.82, 2.24) is 10.3 Å². The second kappa shape index (κ2) is 5.11. The van der Waals surface area contributed by atoms with Crippen molar-refractivity contribution in [2.24, 2.45) is 5.92 Å². The third kappa shape index (κ3) is 2.56. The van der Waals surface area contributed by atoms with Crippen molar-refractivity contribution in [3.63, 3.8) is 0 Å². The number of fused-ring (bicyclic) bond motifs is 1. The van der Waals surface area contributed by atoms with Crippen LogP contribution in [0.4, 0.5) is 0 Å². The first-order valence-corrected chi connectivity index (χ1v) is 6.88. The molecule has 1 atom stereocenters. The topological polar surface area (TPSA) is 38.1 Å². The first kappa shape index (κ1) is 11.7. The highest BCUT2D eigenvalue weighted by Crippen LogP contribution is 2.21. The lowest BCUT2D eigenvalue weighted by atomic mass is 9.95. The van der Waals surface area contributed by atoms with E-state index >= 15 is 0 Å². The maximum absolute atomic E-state index is 5.78. The fourth-order valence-corrected chi connectivity index (χ4v) is 2.69. The van der Waals surface area contributed by atoms with Crippen molar-refractivity contribution in [2.75, 3.05) is 13.1 Å². The normalized spacial score (nSPS) is 20.4. The highest BCUT2D eigenvalue weighted by Gasteiger charge is 2.14. The highest BCUT2D eigenvalue weighted by molar-refractivity contribution is 5.73. The molecule has 1 aromatic carbocycles. The number of nitrogens with one attached hydrogen (secondary N) is 1. The molecule has 1 fully saturated rings. The van der Waals surface area contributed by atoms with Crippen LogP contribution in [-0.4, -0.2) is 18.1 Å². The lowest BCUT2D eigenvalue weighted by Gasteiger charge is -2.21. The fourth-order valence-electron chi connectivity index (χ4n) is 2.69. The summed E-state index contributed by atoms with van der Waals surface area (Å²) in [5.41, 5.74) is 3.14. The van der Waals surface area contributed by atoms with Gasteiger partial charge in [-0.05, 0) is 62.9 Å². The smallest absolute Gasteiger partial charge is 0.195 e. The Morgan fingerprint density at radius 1 is 1.44 bits per heavy atom. The summed E-state index contributed by atoms with van der Waals surface area (Å²) in [6, 6.07) is 6.18. The molecule has 1 unspecified atom stereocenters. The largest absolute Gasteiger partial charge is 0.441 e. The van der Waals surface area contributed by atoms with Crippen LogP contribution in [0.25, 0.3) is 11.1 Å². The standard InChI is InChI=1S/C15H20N2O/c1-11-4-6-14-13(9-11)17-15(18-14)7-5-12-3-2-8-16-10-12/h4,6,9,12,16H,2-3,5,7-8,10H2,1H3. The maximum Gasteiger partial charge on any atom is 0.195 e. The number of hydrogen-bond acceptors (Lipinski definition) is 3. The Labute approximate surface area is 108 Å². The fraction of sp³-hybridized carbons (Fsp3) is 0.533. The Kier molecular flexibility index (Phi) is 3.33. The molecule has 3 rings (SSSR count). The average molecular weight is 244 g/mol. The first-order chi connectivity index (χ1) is 8.81. The number of piperidine rings is 1. The summed E-state index contributed by atoms with van der Waals surface area (Å²) in [5, 5.41) is 3.45. The van der Waals surface area contributed by atoms with Crippen LogP contribution in [0.2, 0.25) is 0 Å². The molecule has 0 saturated carbocycles. The number of oxazole rings is 1. The number of aryl methyl sites for hydroxylation is 2. The molecule has 0 radical (unpaired) electrons. The van der Waals surface area contributed by atoms with Crippen LogP contribution < -0.4 is 5.32 Å². The Bertz CT molecular complexity index is 526. The first-order valence-electron chi connectivity index (χ1n) is 6.88. The van der Waals surface area contributed by atoms with E-state index in [1.54, 1.807) is 0 Å². The van der Waals surface area contributed by atoms with Crippen LogP contribution in [0.15, 0.2) is 22.6 Å². The van der Waals surface area contributed by atoms with Gasteiger partial charge < -0.3 is 9.73 Å². The van der Waals surface area contributed by atoms with Gasteiger partial charge in [0.1, 0.15) is 5.52 Å². The molecule has 1 aliphatic rings. The molecular formula is C15H20N2O. The van der Waals surface area contributed by atoms with Gasteiger partial charge in [-0.1, -0.05) is 6.07 Å². The molecule has 3 nitrogen and oxygen atoms in total. The third-order valence-electron chi connectivity index (χ3n) is 3.75. The summed E-state index contributed by atoms with van der Waals surface area (Å²) >= 11 is 0. The number of nitrogens with zero attached hydrogens (tertiary/aromatic N) is 1. The van der Waals surface area contributed by atoms with E-state index in [-0.39, 0.29) is 0 Å². The number of rotatable bonds is 3. The van der Waals surface area contributed by atoms with E-state index in [0.29, 0.717) is 0 Å². The van der Waals surface area contributed by atoms with Crippen LogP contribution in [0.1, 0.15) is 30.7 Å². The van der Waals surface area contributed by atoms with Gasteiger partial charge in [0.15, 0.2) is 11.5 Å². The Hall–Kier alpha value is -1.35. The van der Waals surface area contributed by atoms with Crippen LogP contribution in [0.5, 0.6) is 0 Å². The summed E-state index contributed by atoms with van der Waals surface area (Å²) in [5.74, 6) is 1.68. The molecule has 1 saturated heterocycles. The Balaban J connectivity index is 1.67. The highest BCUT2D eigenvalue weighted by atomic mass is 16.3. The number of hydrogen-bond donors (Lipinski definition) is 1. The van der Waals surface area contributed by atoms with E-state index in [1.807, 2.05) is 6.07 Å². The summed E-state index contributed by atoms with van der Waals surface area (Å²) < 4.78 is 5.78. The van der Waals surface area contributed by atoms with Gasteiger partial charge in [-0.25, -0.2) is 4.98 Å². The molecular weight excluding hydrogens is 224 g/mol. The van der Waals surface area contributed by atoms with Gasteiger partial charge in [0.05, 0.1) is 0 Å². The molecule has 1 aromatic heterocycles. The van der Waals surface area contributed by atoms with Gasteiger partial charge in [-0.15, -0.1) is 0 Å². The van der Waals surface area contributed by atoms with Gasteiger partial charge in [0.25, 0.3) is 0 Å². The lowest BCUT2D eigenvalue weighted by Crippen LogP contribution is -2.29. The number of benzene rings is 1. The molecule has 0 amide bonds. The van der Waals surface area contributed by atoms with Gasteiger partial charge in [-0.2, -0.15) is 0 Å². The third-order valence-corrected chi connectivity index (χ3v) is 3.75. The molecule has 2 heterocycles. The van der Waals surface area contributed by atoms with E-state index < -0.39 is 0 Å². The quantitative estimate of drug-likeness (QED) is 0.901. The average Bonchev–Trinajstić information content (AvgIpc) is 2.79. The molecule has 0 spiro atoms. The minimum absolute atomic E-state index is 0.787. The van der Waals surface area contributed by atoms with Gasteiger partial charge >= 0.3 is 0 Å². The zero-order chi connectivity index (χ0) is 12.4. The summed E-state index contributed by atoms with van der Waals surface area (Å²) in [6.45, 7) is 4.42. The molecule has 3 heteroatoms. The van der Waals surface area contributed by atoms with E-state index in [4.69, 9.17) is 4.42 Å². The summed E-state index contributed by atoms with van der Waals surface area (Å²) in [6.07, 6.45) is 4.78. The van der Waals surface area contributed by atoms with E-state index in [1.165, 1.54) is 31.4 Å². The van der Waals surface area contributed by atoms with Gasteiger partial charge in [0, 0.05) is 6.42 Å². The molecule has 1 aliphatic heterocycles. The van der Waals surface area contributed by atoms with Gasteiger partial charge in [-0.3, -0.25) is 0 Å². The van der Waals surface area contributed by atoms with Crippen LogP contribution in [-0.2, 0) is 6.42 Å². The van der Waals surface area contributed by atoms with Crippen molar-refractivity contribution in [3.8, 4) is 0 Å². The summed E-state index contributed by atoms with van der Waals surface area (Å²) in [4.78, 5) is 4.57. The van der Waals surface area contributed by atoms with E-state index in [9.17, 15) is 0 Å². The Morgan fingerprint density at radius 3 is 3.22 bits per heavy atom. The molecule has 0 bridgehead atoms. The summed E-state index contributed by atoms with van der Waals surface area (Å²) in [7, 11) is 0. The second-order valence-electron chi connectivity index (χ2n) is 5.33. The minimum atomic E-state index is 0.787. The molecule has 2 aromatic rings. The number of aromatic nitrogens is 1. The SMILES string of the molecule is Cc1ccc2oc(CCC3CCCNC3)nc2c1. The molecule has 0 aliphatic carbocycles. The van der Waals surface area contributed by atoms with Crippen molar-refractivity contribution in [3.05, 3.63) is 29.7 Å². The van der Waals surface area contributed by atoms with Crippen LogP contribution in [0.3, 0.4) is 0 Å². The minimum Gasteiger partial charge on any atom is -0.441 e.